The number of nitrogens with zero attached hydrogens (tertiary/aromatic N) is 1. The number of alkyl halides is 6. The second kappa shape index (κ2) is 13.0. The predicted octanol–water partition coefficient (Wildman–Crippen LogP) is 7.42. The second-order valence-electron chi connectivity index (χ2n) is 11.0. The summed E-state index contributed by atoms with van der Waals surface area (Å²) in [6.45, 7) is 0.837. The minimum Gasteiger partial charge on any atom is -0.445 e. The van der Waals surface area contributed by atoms with E-state index in [1.165, 1.54) is 11.8 Å². The highest BCUT2D eigenvalue weighted by atomic mass is 19.4. The highest BCUT2D eigenvalue weighted by Gasteiger charge is 2.51. The van der Waals surface area contributed by atoms with Crippen LogP contribution in [-0.2, 0) is 38.8 Å². The average molecular weight is 623 g/mol. The maximum atomic E-state index is 13.7. The number of halogens is 6. The molecule has 4 rings (SSSR count). The normalized spacial score (nSPS) is 21.5. The summed E-state index contributed by atoms with van der Waals surface area (Å²) in [5.41, 5.74) is 2.22. The first-order valence-electron chi connectivity index (χ1n) is 13.8. The van der Waals surface area contributed by atoms with Gasteiger partial charge < -0.3 is 20.0 Å². The molecule has 3 aromatic carbocycles. The fourth-order valence-electron chi connectivity index (χ4n) is 5.36. The van der Waals surface area contributed by atoms with Crippen molar-refractivity contribution in [1.82, 2.24) is 4.90 Å². The van der Waals surface area contributed by atoms with Gasteiger partial charge >= 0.3 is 18.4 Å². The number of carbonyl (C=O) groups is 2. The molecular formula is C32H32F6N2O4. The molecule has 0 spiro atoms. The molecule has 1 aliphatic heterocycles. The van der Waals surface area contributed by atoms with E-state index in [1.807, 2.05) is 0 Å². The van der Waals surface area contributed by atoms with Gasteiger partial charge in [0, 0.05) is 18.5 Å². The molecule has 12 heteroatoms. The summed E-state index contributed by atoms with van der Waals surface area (Å²) >= 11 is 0. The summed E-state index contributed by atoms with van der Waals surface area (Å²) in [4.78, 5) is 26.6. The van der Waals surface area contributed by atoms with E-state index in [4.69, 9.17) is 15.2 Å². The Kier molecular flexibility index (Phi) is 9.74. The number of piperidine rings is 1. The number of amides is 1. The van der Waals surface area contributed by atoms with Crippen LogP contribution in [-0.4, -0.2) is 36.0 Å². The maximum Gasteiger partial charge on any atom is 0.416 e. The molecule has 3 aromatic rings. The third-order valence-corrected chi connectivity index (χ3v) is 7.90. The highest BCUT2D eigenvalue weighted by Crippen LogP contribution is 2.43. The Morgan fingerprint density at radius 2 is 1.50 bits per heavy atom. The minimum atomic E-state index is -5.02. The van der Waals surface area contributed by atoms with Crippen molar-refractivity contribution in [3.63, 3.8) is 0 Å². The van der Waals surface area contributed by atoms with Gasteiger partial charge in [0.25, 0.3) is 0 Å². The summed E-state index contributed by atoms with van der Waals surface area (Å²) in [7, 11) is 0. The summed E-state index contributed by atoms with van der Waals surface area (Å²) in [5.74, 6) is 0. The standard InChI is InChI=1S/C32H32F6N2O4/c1-22(24-16-26(31(33,34)35)18-27(17-24)32(36,37)38)44-21-30(25-10-6-3-7-11-25)13-12-29(39,14-15-41)20-40(30)28(42)43-19-23-8-4-2-5-9-23/h2-11,15-18,22H,12-14,19-21,39H2,1H3/t22-,29?,30-/m1/s1. The molecule has 1 heterocycles. The van der Waals surface area contributed by atoms with Gasteiger partial charge in [-0.25, -0.2) is 4.79 Å². The molecule has 0 bridgehead atoms. The number of aldehydes is 1. The van der Waals surface area contributed by atoms with Crippen LogP contribution in [0.25, 0.3) is 0 Å². The van der Waals surface area contributed by atoms with Crippen molar-refractivity contribution in [2.75, 3.05) is 13.2 Å². The van der Waals surface area contributed by atoms with Crippen LogP contribution in [0.2, 0.25) is 0 Å². The number of rotatable bonds is 9. The average Bonchev–Trinajstić information content (AvgIpc) is 2.99. The SMILES string of the molecule is C[C@@H](OC[C@@]1(c2ccccc2)CCC(N)(CC=O)CN1C(=O)OCc1ccccc1)c1cc(C(F)(F)F)cc(C(F)(F)F)c1. The van der Waals surface area contributed by atoms with Gasteiger partial charge in [-0.15, -0.1) is 0 Å². The summed E-state index contributed by atoms with van der Waals surface area (Å²) in [6, 6.07) is 18.9. The van der Waals surface area contributed by atoms with Gasteiger partial charge in [0.05, 0.1) is 29.4 Å². The highest BCUT2D eigenvalue weighted by molar-refractivity contribution is 5.70. The molecule has 1 fully saturated rings. The van der Waals surface area contributed by atoms with E-state index in [1.54, 1.807) is 60.7 Å². The fourth-order valence-corrected chi connectivity index (χ4v) is 5.36. The topological polar surface area (TPSA) is 81.9 Å². The first-order valence-corrected chi connectivity index (χ1v) is 13.8. The molecule has 3 atom stereocenters. The fraction of sp³-hybridized carbons (Fsp3) is 0.375. The molecule has 1 amide bonds. The lowest BCUT2D eigenvalue weighted by Crippen LogP contribution is -2.65. The zero-order valence-electron chi connectivity index (χ0n) is 23.8. The maximum absolute atomic E-state index is 13.7. The Labute approximate surface area is 250 Å². The molecule has 1 unspecified atom stereocenters. The Balaban J connectivity index is 1.71. The Morgan fingerprint density at radius 1 is 0.932 bits per heavy atom. The molecule has 6 nitrogen and oxygen atoms in total. The molecule has 44 heavy (non-hydrogen) atoms. The number of hydrogen-bond acceptors (Lipinski definition) is 5. The lowest BCUT2D eigenvalue weighted by atomic mass is 9.74. The van der Waals surface area contributed by atoms with Crippen LogP contribution in [0.4, 0.5) is 31.1 Å². The third-order valence-electron chi connectivity index (χ3n) is 7.90. The molecular weight excluding hydrogens is 590 g/mol. The van der Waals surface area contributed by atoms with Gasteiger partial charge in [-0.3, -0.25) is 4.90 Å². The first-order chi connectivity index (χ1) is 20.7. The van der Waals surface area contributed by atoms with Crippen molar-refractivity contribution in [2.45, 2.75) is 62.3 Å². The third kappa shape index (κ3) is 7.59. The van der Waals surface area contributed by atoms with Gasteiger partial charge in [-0.05, 0) is 54.7 Å². The van der Waals surface area contributed by atoms with E-state index in [2.05, 4.69) is 0 Å². The molecule has 2 N–H and O–H groups in total. The monoisotopic (exact) mass is 622 g/mol. The van der Waals surface area contributed by atoms with Crippen LogP contribution in [0, 0.1) is 0 Å². The van der Waals surface area contributed by atoms with E-state index < -0.39 is 46.8 Å². The molecule has 0 saturated carbocycles. The lowest BCUT2D eigenvalue weighted by molar-refractivity contribution is -0.143. The molecule has 1 aliphatic rings. The Bertz CT molecular complexity index is 1400. The van der Waals surface area contributed by atoms with Crippen LogP contribution in [0.15, 0.2) is 78.9 Å². The number of ether oxygens (including phenoxy) is 2. The number of likely N-dealkylation sites (tertiary alicyclic amines) is 1. The van der Waals surface area contributed by atoms with Crippen LogP contribution in [0.5, 0.6) is 0 Å². The zero-order valence-corrected chi connectivity index (χ0v) is 23.8. The van der Waals surface area contributed by atoms with Crippen molar-refractivity contribution in [2.24, 2.45) is 5.73 Å². The van der Waals surface area contributed by atoms with E-state index >= 15 is 0 Å². The van der Waals surface area contributed by atoms with E-state index in [-0.39, 0.29) is 50.7 Å². The molecule has 0 aromatic heterocycles. The van der Waals surface area contributed by atoms with Crippen LogP contribution in [0.3, 0.4) is 0 Å². The van der Waals surface area contributed by atoms with Crippen LogP contribution < -0.4 is 5.73 Å². The van der Waals surface area contributed by atoms with E-state index in [0.29, 0.717) is 29.5 Å². The van der Waals surface area contributed by atoms with Crippen molar-refractivity contribution >= 4 is 12.4 Å². The van der Waals surface area contributed by atoms with Gasteiger partial charge in [0.2, 0.25) is 0 Å². The summed E-state index contributed by atoms with van der Waals surface area (Å²) in [5, 5.41) is 0. The van der Waals surface area contributed by atoms with Gasteiger partial charge in [0.15, 0.2) is 0 Å². The predicted molar refractivity (Wildman–Crippen MR) is 149 cm³/mol. The number of nitrogens with two attached hydrogens (primary N) is 1. The van der Waals surface area contributed by atoms with E-state index in [0.717, 1.165) is 0 Å². The van der Waals surface area contributed by atoms with Crippen LogP contribution >= 0.6 is 0 Å². The molecule has 0 aliphatic carbocycles. The lowest BCUT2D eigenvalue weighted by Gasteiger charge is -2.52. The van der Waals surface area contributed by atoms with Gasteiger partial charge in [-0.1, -0.05) is 60.7 Å². The molecule has 0 radical (unpaired) electrons. The van der Waals surface area contributed by atoms with Crippen molar-refractivity contribution in [1.29, 1.82) is 0 Å². The van der Waals surface area contributed by atoms with Gasteiger partial charge in [-0.2, -0.15) is 26.3 Å². The van der Waals surface area contributed by atoms with Crippen molar-refractivity contribution < 1.29 is 45.4 Å². The number of hydrogen-bond donors (Lipinski definition) is 1. The number of benzene rings is 3. The smallest absolute Gasteiger partial charge is 0.416 e. The second-order valence-corrected chi connectivity index (χ2v) is 11.0. The Hall–Kier alpha value is -3.90. The largest absolute Gasteiger partial charge is 0.445 e. The Morgan fingerprint density at radius 3 is 2.05 bits per heavy atom. The van der Waals surface area contributed by atoms with Crippen molar-refractivity contribution in [3.8, 4) is 0 Å². The van der Waals surface area contributed by atoms with E-state index in [9.17, 15) is 35.9 Å². The number of carbonyl (C=O) groups excluding carboxylic acids is 2. The summed E-state index contributed by atoms with van der Waals surface area (Å²) < 4.78 is 92.8. The van der Waals surface area contributed by atoms with Crippen LogP contribution in [0.1, 0.15) is 60.1 Å². The minimum absolute atomic E-state index is 0.0535. The quantitative estimate of drug-likeness (QED) is 0.199. The summed E-state index contributed by atoms with van der Waals surface area (Å²) in [6.07, 6.45) is -11.0. The zero-order chi connectivity index (χ0) is 32.2. The first kappa shape index (κ1) is 33.0. The molecule has 1 saturated heterocycles. The van der Waals surface area contributed by atoms with Crippen molar-refractivity contribution in [3.05, 3.63) is 107 Å². The molecule has 236 valence electrons. The van der Waals surface area contributed by atoms with Gasteiger partial charge in [0.1, 0.15) is 12.9 Å².